The first-order valence-electron chi connectivity index (χ1n) is 5.19. The summed E-state index contributed by atoms with van der Waals surface area (Å²) in [6, 6.07) is 0.439. The van der Waals surface area contributed by atoms with E-state index in [0.29, 0.717) is 24.4 Å². The molecule has 0 aliphatic carbocycles. The molecule has 0 aromatic carbocycles. The highest BCUT2D eigenvalue weighted by Gasteiger charge is 2.11. The fourth-order valence-corrected chi connectivity index (χ4v) is 1.01. The van der Waals surface area contributed by atoms with E-state index in [0.717, 1.165) is 12.2 Å². The molecule has 1 unspecified atom stereocenters. The molecule has 1 heterocycles. The molecule has 14 heavy (non-hydrogen) atoms. The van der Waals surface area contributed by atoms with Gasteiger partial charge in [0.25, 0.3) is 0 Å². The minimum Gasteiger partial charge on any atom is -0.338 e. The van der Waals surface area contributed by atoms with Gasteiger partial charge in [-0.25, -0.2) is 0 Å². The molecule has 1 N–H and O–H groups in total. The molecule has 0 fully saturated rings. The van der Waals surface area contributed by atoms with Crippen LogP contribution in [-0.4, -0.2) is 16.2 Å². The van der Waals surface area contributed by atoms with Crippen molar-refractivity contribution in [3.8, 4) is 0 Å². The van der Waals surface area contributed by atoms with Gasteiger partial charge in [-0.15, -0.1) is 0 Å². The molecule has 0 amide bonds. The van der Waals surface area contributed by atoms with Gasteiger partial charge in [0, 0.05) is 12.0 Å². The lowest BCUT2D eigenvalue weighted by atomic mass is 10.1. The average Bonchev–Trinajstić information content (AvgIpc) is 2.62. The van der Waals surface area contributed by atoms with E-state index < -0.39 is 0 Å². The summed E-state index contributed by atoms with van der Waals surface area (Å²) in [5.41, 5.74) is 0. The molecule has 1 rings (SSSR count). The zero-order chi connectivity index (χ0) is 10.6. The summed E-state index contributed by atoms with van der Waals surface area (Å²) >= 11 is 0. The zero-order valence-corrected chi connectivity index (χ0v) is 9.37. The molecule has 0 aliphatic rings. The van der Waals surface area contributed by atoms with E-state index in [4.69, 9.17) is 4.52 Å². The van der Waals surface area contributed by atoms with Crippen LogP contribution in [0, 0.1) is 0 Å². The lowest BCUT2D eigenvalue weighted by Crippen LogP contribution is -2.21. The molecule has 1 aromatic rings. The predicted octanol–water partition coefficient (Wildman–Crippen LogP) is 2.08. The first-order valence-corrected chi connectivity index (χ1v) is 5.19. The number of nitrogens with one attached hydrogen (secondary N) is 1. The predicted molar refractivity (Wildman–Crippen MR) is 55.0 cm³/mol. The number of rotatable bonds is 5. The SMILES string of the molecule is CCC(C)c1noc(CNC(C)C)n1. The standard InChI is InChI=1S/C10H19N3O/c1-5-8(4)10-12-9(14-13-10)6-11-7(2)3/h7-8,11H,5-6H2,1-4H3. The highest BCUT2D eigenvalue weighted by atomic mass is 16.5. The number of hydrogen-bond acceptors (Lipinski definition) is 4. The summed E-state index contributed by atoms with van der Waals surface area (Å²) in [5.74, 6) is 1.87. The first kappa shape index (κ1) is 11.2. The summed E-state index contributed by atoms with van der Waals surface area (Å²) in [7, 11) is 0. The van der Waals surface area contributed by atoms with Crippen molar-refractivity contribution in [2.24, 2.45) is 0 Å². The van der Waals surface area contributed by atoms with Crippen LogP contribution < -0.4 is 5.32 Å². The van der Waals surface area contributed by atoms with Gasteiger partial charge in [0.15, 0.2) is 5.82 Å². The van der Waals surface area contributed by atoms with Gasteiger partial charge >= 0.3 is 0 Å². The van der Waals surface area contributed by atoms with E-state index in [9.17, 15) is 0 Å². The maximum Gasteiger partial charge on any atom is 0.240 e. The number of hydrogen-bond donors (Lipinski definition) is 1. The van der Waals surface area contributed by atoms with E-state index in [1.165, 1.54) is 0 Å². The van der Waals surface area contributed by atoms with Crippen molar-refractivity contribution >= 4 is 0 Å². The van der Waals surface area contributed by atoms with Crippen molar-refractivity contribution in [2.45, 2.75) is 52.6 Å². The van der Waals surface area contributed by atoms with Crippen LogP contribution in [0.5, 0.6) is 0 Å². The quantitative estimate of drug-likeness (QED) is 0.785. The number of nitrogens with zero attached hydrogens (tertiary/aromatic N) is 2. The molecule has 0 bridgehead atoms. The van der Waals surface area contributed by atoms with Crippen LogP contribution >= 0.6 is 0 Å². The molecule has 0 saturated carbocycles. The van der Waals surface area contributed by atoms with Crippen LogP contribution in [-0.2, 0) is 6.54 Å². The largest absolute Gasteiger partial charge is 0.338 e. The van der Waals surface area contributed by atoms with Gasteiger partial charge in [-0.05, 0) is 6.42 Å². The highest BCUT2D eigenvalue weighted by molar-refractivity contribution is 4.92. The minimum atomic E-state index is 0.381. The molecule has 4 nitrogen and oxygen atoms in total. The molecule has 1 aromatic heterocycles. The monoisotopic (exact) mass is 197 g/mol. The van der Waals surface area contributed by atoms with E-state index in [1.807, 2.05) is 0 Å². The summed E-state index contributed by atoms with van der Waals surface area (Å²) < 4.78 is 5.11. The Morgan fingerprint density at radius 2 is 2.07 bits per heavy atom. The summed E-state index contributed by atoms with van der Waals surface area (Å²) in [4.78, 5) is 4.31. The second kappa shape index (κ2) is 5.10. The minimum absolute atomic E-state index is 0.381. The van der Waals surface area contributed by atoms with Gasteiger partial charge in [-0.2, -0.15) is 4.98 Å². The Labute approximate surface area is 85.1 Å². The van der Waals surface area contributed by atoms with Crippen molar-refractivity contribution in [3.63, 3.8) is 0 Å². The van der Waals surface area contributed by atoms with E-state index in [1.54, 1.807) is 0 Å². The van der Waals surface area contributed by atoms with Gasteiger partial charge in [0.05, 0.1) is 6.54 Å². The first-order chi connectivity index (χ1) is 6.63. The Hall–Kier alpha value is -0.900. The van der Waals surface area contributed by atoms with Crippen LogP contribution in [0.4, 0.5) is 0 Å². The Morgan fingerprint density at radius 3 is 2.64 bits per heavy atom. The van der Waals surface area contributed by atoms with Gasteiger partial charge in [0.2, 0.25) is 5.89 Å². The summed E-state index contributed by atoms with van der Waals surface area (Å²) in [5, 5.41) is 7.17. The maximum absolute atomic E-state index is 5.11. The van der Waals surface area contributed by atoms with E-state index in [-0.39, 0.29) is 0 Å². The molecule has 1 atom stereocenters. The molecular formula is C10H19N3O. The van der Waals surface area contributed by atoms with Crippen LogP contribution in [0.25, 0.3) is 0 Å². The van der Waals surface area contributed by atoms with E-state index >= 15 is 0 Å². The lowest BCUT2D eigenvalue weighted by Gasteiger charge is -2.03. The van der Waals surface area contributed by atoms with E-state index in [2.05, 4.69) is 43.2 Å². The maximum atomic E-state index is 5.11. The highest BCUT2D eigenvalue weighted by Crippen LogP contribution is 2.14. The number of aromatic nitrogens is 2. The smallest absolute Gasteiger partial charge is 0.240 e. The van der Waals surface area contributed by atoms with Crippen LogP contribution in [0.3, 0.4) is 0 Å². The third kappa shape index (κ3) is 3.10. The molecule has 0 saturated heterocycles. The zero-order valence-electron chi connectivity index (χ0n) is 9.37. The summed E-state index contributed by atoms with van der Waals surface area (Å²) in [6.07, 6.45) is 1.04. The Morgan fingerprint density at radius 1 is 1.36 bits per heavy atom. The fourth-order valence-electron chi connectivity index (χ4n) is 1.01. The Balaban J connectivity index is 2.50. The van der Waals surface area contributed by atoms with Crippen LogP contribution in [0.2, 0.25) is 0 Å². The summed E-state index contributed by atoms with van der Waals surface area (Å²) in [6.45, 7) is 9.05. The molecule has 0 aliphatic heterocycles. The third-order valence-corrected chi connectivity index (χ3v) is 2.20. The van der Waals surface area contributed by atoms with Crippen LogP contribution in [0.15, 0.2) is 4.52 Å². The second-order valence-corrected chi connectivity index (χ2v) is 3.89. The molecule has 4 heteroatoms. The van der Waals surface area contributed by atoms with Gasteiger partial charge in [-0.1, -0.05) is 32.9 Å². The normalized spacial score (nSPS) is 13.5. The second-order valence-electron chi connectivity index (χ2n) is 3.89. The molecule has 0 radical (unpaired) electrons. The van der Waals surface area contributed by atoms with Crippen molar-refractivity contribution in [1.29, 1.82) is 0 Å². The van der Waals surface area contributed by atoms with Crippen molar-refractivity contribution in [1.82, 2.24) is 15.5 Å². The third-order valence-electron chi connectivity index (χ3n) is 2.20. The van der Waals surface area contributed by atoms with Gasteiger partial charge < -0.3 is 9.84 Å². The van der Waals surface area contributed by atoms with Crippen LogP contribution in [0.1, 0.15) is 51.7 Å². The van der Waals surface area contributed by atoms with Crippen molar-refractivity contribution in [3.05, 3.63) is 11.7 Å². The van der Waals surface area contributed by atoms with Gasteiger partial charge in [0.1, 0.15) is 0 Å². The molecular weight excluding hydrogens is 178 g/mol. The van der Waals surface area contributed by atoms with Crippen molar-refractivity contribution in [2.75, 3.05) is 0 Å². The van der Waals surface area contributed by atoms with Gasteiger partial charge in [-0.3, -0.25) is 0 Å². The lowest BCUT2D eigenvalue weighted by molar-refractivity contribution is 0.355. The molecule has 80 valence electrons. The topological polar surface area (TPSA) is 51.0 Å². The Kier molecular flexibility index (Phi) is 4.07. The molecule has 0 spiro atoms. The Bertz CT molecular complexity index is 270. The average molecular weight is 197 g/mol. The fraction of sp³-hybridized carbons (Fsp3) is 0.800. The van der Waals surface area contributed by atoms with Crippen molar-refractivity contribution < 1.29 is 4.52 Å².